The molecule has 2 N–H and O–H groups in total. The molecule has 1 amide bonds. The average molecular weight is 438 g/mol. The van der Waals surface area contributed by atoms with Gasteiger partial charge in [0, 0.05) is 6.04 Å². The number of carbonyl (C=O) groups is 2. The van der Waals surface area contributed by atoms with Crippen molar-refractivity contribution >= 4 is 27.8 Å². The highest BCUT2D eigenvalue weighted by molar-refractivity contribution is 9.10. The number of carboxylic acid groups (broad SMARTS) is 1. The second kappa shape index (κ2) is 6.06. The molecule has 5 rings (SSSR count). The van der Waals surface area contributed by atoms with Crippen LogP contribution in [0.5, 0.6) is 0 Å². The van der Waals surface area contributed by atoms with E-state index < -0.39 is 16.9 Å². The molecule has 4 fully saturated rings. The van der Waals surface area contributed by atoms with Crippen molar-refractivity contribution in [3.8, 4) is 0 Å². The molecule has 1 aromatic rings. The standard InChI is InChI=1S/C20H28BrN3O3/c1-10-15(21)11(2)24(23-10)19(3,4)17(25)22-16-13-5-12-6-14(16)9-20(7-12,8-13)18(26)27/h12-14,16H,5-9H2,1-4H3,(H,22,25)(H,26,27). The van der Waals surface area contributed by atoms with Crippen LogP contribution in [0.4, 0.5) is 0 Å². The summed E-state index contributed by atoms with van der Waals surface area (Å²) >= 11 is 3.54. The topological polar surface area (TPSA) is 84.2 Å². The zero-order chi connectivity index (χ0) is 19.7. The summed E-state index contributed by atoms with van der Waals surface area (Å²) in [4.78, 5) is 25.1. The quantitative estimate of drug-likeness (QED) is 0.755. The van der Waals surface area contributed by atoms with Gasteiger partial charge in [0.2, 0.25) is 5.91 Å². The first-order valence-electron chi connectivity index (χ1n) is 9.82. The van der Waals surface area contributed by atoms with E-state index in [2.05, 4.69) is 26.3 Å². The summed E-state index contributed by atoms with van der Waals surface area (Å²) in [6.07, 6.45) is 4.31. The van der Waals surface area contributed by atoms with Gasteiger partial charge in [-0.2, -0.15) is 5.10 Å². The number of hydrogen-bond donors (Lipinski definition) is 2. The Morgan fingerprint density at radius 2 is 1.81 bits per heavy atom. The van der Waals surface area contributed by atoms with Crippen molar-refractivity contribution in [2.45, 2.75) is 71.4 Å². The lowest BCUT2D eigenvalue weighted by molar-refractivity contribution is -0.168. The maximum Gasteiger partial charge on any atom is 0.309 e. The molecular weight excluding hydrogens is 410 g/mol. The Bertz CT molecular complexity index is 800. The summed E-state index contributed by atoms with van der Waals surface area (Å²) in [5.74, 6) is 0.382. The number of amides is 1. The first kappa shape index (κ1) is 19.0. The lowest BCUT2D eigenvalue weighted by atomic mass is 9.48. The molecule has 2 unspecified atom stereocenters. The van der Waals surface area contributed by atoms with Crippen LogP contribution in [0, 0.1) is 37.0 Å². The van der Waals surface area contributed by atoms with Crippen LogP contribution in [0.1, 0.15) is 57.3 Å². The number of carbonyl (C=O) groups excluding carboxylic acids is 1. The van der Waals surface area contributed by atoms with Crippen molar-refractivity contribution in [1.29, 1.82) is 0 Å². The summed E-state index contributed by atoms with van der Waals surface area (Å²) < 4.78 is 2.72. The van der Waals surface area contributed by atoms with Gasteiger partial charge in [-0.15, -0.1) is 0 Å². The Kier molecular flexibility index (Phi) is 4.26. The van der Waals surface area contributed by atoms with Gasteiger partial charge in [0.25, 0.3) is 0 Å². The van der Waals surface area contributed by atoms with Crippen LogP contribution < -0.4 is 5.32 Å². The van der Waals surface area contributed by atoms with Crippen molar-refractivity contribution in [3.63, 3.8) is 0 Å². The Morgan fingerprint density at radius 1 is 1.22 bits per heavy atom. The average Bonchev–Trinajstić information content (AvgIpc) is 2.85. The van der Waals surface area contributed by atoms with Crippen molar-refractivity contribution in [1.82, 2.24) is 15.1 Å². The Balaban J connectivity index is 1.55. The van der Waals surface area contributed by atoms with Gasteiger partial charge in [0.1, 0.15) is 5.54 Å². The number of nitrogens with one attached hydrogen (secondary N) is 1. The van der Waals surface area contributed by atoms with Crippen LogP contribution in [0.3, 0.4) is 0 Å². The monoisotopic (exact) mass is 437 g/mol. The smallest absolute Gasteiger partial charge is 0.309 e. The number of halogens is 1. The molecule has 0 radical (unpaired) electrons. The van der Waals surface area contributed by atoms with Gasteiger partial charge in [-0.3, -0.25) is 14.3 Å². The number of aliphatic carboxylic acids is 1. The molecule has 0 aliphatic heterocycles. The Hall–Kier alpha value is -1.37. The molecule has 6 nitrogen and oxygen atoms in total. The zero-order valence-electron chi connectivity index (χ0n) is 16.4. The Morgan fingerprint density at radius 3 is 2.30 bits per heavy atom. The molecule has 27 heavy (non-hydrogen) atoms. The van der Waals surface area contributed by atoms with Gasteiger partial charge in [-0.25, -0.2) is 0 Å². The highest BCUT2D eigenvalue weighted by atomic mass is 79.9. The van der Waals surface area contributed by atoms with Crippen molar-refractivity contribution in [2.24, 2.45) is 23.2 Å². The SMILES string of the molecule is Cc1nn(C(C)(C)C(=O)NC2C3CC4CC2CC(C(=O)O)(C4)C3)c(C)c1Br. The summed E-state index contributed by atoms with van der Waals surface area (Å²) in [5.41, 5.74) is 0.447. The van der Waals surface area contributed by atoms with Crippen LogP contribution in [0.2, 0.25) is 0 Å². The lowest BCUT2D eigenvalue weighted by Crippen LogP contribution is -2.62. The fourth-order valence-corrected chi connectivity index (χ4v) is 6.36. The third-order valence-corrected chi connectivity index (χ3v) is 8.46. The van der Waals surface area contributed by atoms with Crippen LogP contribution >= 0.6 is 15.9 Å². The van der Waals surface area contributed by atoms with Crippen LogP contribution in [-0.4, -0.2) is 32.8 Å². The number of hydrogen-bond acceptors (Lipinski definition) is 3. The maximum absolute atomic E-state index is 13.2. The summed E-state index contributed by atoms with van der Waals surface area (Å²) in [6, 6.07) is 0.0844. The minimum absolute atomic E-state index is 0.0394. The van der Waals surface area contributed by atoms with E-state index in [9.17, 15) is 14.7 Å². The molecular formula is C20H28BrN3O3. The summed E-state index contributed by atoms with van der Waals surface area (Å²) in [7, 11) is 0. The van der Waals surface area contributed by atoms with E-state index in [1.165, 1.54) is 0 Å². The first-order valence-corrected chi connectivity index (χ1v) is 10.6. The molecule has 1 aromatic heterocycles. The molecule has 7 heteroatoms. The number of rotatable bonds is 4. The number of nitrogens with zero attached hydrogens (tertiary/aromatic N) is 2. The minimum atomic E-state index is -0.806. The minimum Gasteiger partial charge on any atom is -0.481 e. The van der Waals surface area contributed by atoms with Gasteiger partial charge in [0.05, 0.1) is 21.3 Å². The maximum atomic E-state index is 13.2. The highest BCUT2D eigenvalue weighted by Gasteiger charge is 2.59. The van der Waals surface area contributed by atoms with Gasteiger partial charge in [0.15, 0.2) is 0 Å². The van der Waals surface area contributed by atoms with Crippen molar-refractivity contribution in [2.75, 3.05) is 0 Å². The fourth-order valence-electron chi connectivity index (χ4n) is 6.11. The largest absolute Gasteiger partial charge is 0.481 e. The van der Waals surface area contributed by atoms with Crippen molar-refractivity contribution in [3.05, 3.63) is 15.9 Å². The molecule has 0 spiro atoms. The van der Waals surface area contributed by atoms with Gasteiger partial charge in [-0.05, 0) is 93.5 Å². The van der Waals surface area contributed by atoms with Gasteiger partial charge < -0.3 is 10.4 Å². The molecule has 4 aliphatic carbocycles. The highest BCUT2D eigenvalue weighted by Crippen LogP contribution is 2.60. The number of aryl methyl sites for hydroxylation is 1. The summed E-state index contributed by atoms with van der Waals surface area (Å²) in [6.45, 7) is 7.66. The van der Waals surface area contributed by atoms with E-state index in [-0.39, 0.29) is 23.8 Å². The molecule has 2 atom stereocenters. The fraction of sp³-hybridized carbons (Fsp3) is 0.750. The van der Waals surface area contributed by atoms with Crippen LogP contribution in [-0.2, 0) is 15.1 Å². The third-order valence-electron chi connectivity index (χ3n) is 7.31. The summed E-state index contributed by atoms with van der Waals surface area (Å²) in [5, 5.41) is 17.6. The predicted octanol–water partition coefficient (Wildman–Crippen LogP) is 3.39. The number of aromatic nitrogens is 2. The molecule has 4 saturated carbocycles. The van der Waals surface area contributed by atoms with E-state index >= 15 is 0 Å². The third kappa shape index (κ3) is 2.76. The van der Waals surface area contributed by atoms with E-state index in [0.29, 0.717) is 18.8 Å². The molecule has 1 heterocycles. The molecule has 0 aromatic carbocycles. The number of carboxylic acids is 1. The second-order valence-corrected chi connectivity index (χ2v) is 10.3. The molecule has 4 bridgehead atoms. The zero-order valence-corrected chi connectivity index (χ0v) is 18.0. The van der Waals surface area contributed by atoms with E-state index in [4.69, 9.17) is 0 Å². The molecule has 148 valence electrons. The predicted molar refractivity (Wildman–Crippen MR) is 104 cm³/mol. The van der Waals surface area contributed by atoms with E-state index in [1.807, 2.05) is 27.7 Å². The lowest BCUT2D eigenvalue weighted by Gasteiger charge is -2.58. The van der Waals surface area contributed by atoms with E-state index in [0.717, 1.165) is 35.1 Å². The normalized spacial score (nSPS) is 34.7. The van der Waals surface area contributed by atoms with Crippen LogP contribution in [0.15, 0.2) is 4.47 Å². The first-order chi connectivity index (χ1) is 12.5. The Labute approximate surface area is 168 Å². The van der Waals surface area contributed by atoms with E-state index in [1.54, 1.807) is 4.68 Å². The van der Waals surface area contributed by atoms with Gasteiger partial charge in [-0.1, -0.05) is 0 Å². The molecule has 4 aliphatic rings. The molecule has 0 saturated heterocycles. The van der Waals surface area contributed by atoms with Gasteiger partial charge >= 0.3 is 5.97 Å². The van der Waals surface area contributed by atoms with Crippen LogP contribution in [0.25, 0.3) is 0 Å². The van der Waals surface area contributed by atoms with Crippen molar-refractivity contribution < 1.29 is 14.7 Å². The second-order valence-electron chi connectivity index (χ2n) is 9.51.